The van der Waals surface area contributed by atoms with Crippen LogP contribution < -0.4 is 0 Å². The third-order valence-electron chi connectivity index (χ3n) is 3.64. The number of nitrogens with zero attached hydrogens (tertiary/aromatic N) is 2. The van der Waals surface area contributed by atoms with Crippen LogP contribution in [0.25, 0.3) is 0 Å². The highest BCUT2D eigenvalue weighted by atomic mass is 16.5. The Morgan fingerprint density at radius 1 is 1.08 bits per heavy atom. The van der Waals surface area contributed by atoms with Crippen LogP contribution in [0.2, 0.25) is 0 Å². The van der Waals surface area contributed by atoms with E-state index in [1.165, 1.54) is 37.3 Å². The smallest absolute Gasteiger partial charge is 0.0241 e. The van der Waals surface area contributed by atoms with Gasteiger partial charge in [0, 0.05) is 19.1 Å². The van der Waals surface area contributed by atoms with Crippen LogP contribution >= 0.6 is 0 Å². The van der Waals surface area contributed by atoms with E-state index in [0.717, 1.165) is 25.0 Å². The van der Waals surface area contributed by atoms with E-state index in [0.29, 0.717) is 0 Å². The zero-order valence-corrected chi connectivity index (χ0v) is 8.45. The molecule has 1 unspecified atom stereocenters. The fourth-order valence-electron chi connectivity index (χ4n) is 2.80. The van der Waals surface area contributed by atoms with Gasteiger partial charge in [-0.3, -0.25) is 0 Å². The van der Waals surface area contributed by atoms with Gasteiger partial charge in [0.15, 0.2) is 0 Å². The van der Waals surface area contributed by atoms with E-state index in [4.69, 9.17) is 0 Å². The van der Waals surface area contributed by atoms with Crippen LogP contribution in [-0.4, -0.2) is 47.9 Å². The minimum absolute atomic E-state index is 0.800. The van der Waals surface area contributed by atoms with Gasteiger partial charge in [0.2, 0.25) is 0 Å². The molecular weight excluding hydrogens is 164 g/mol. The maximum atomic E-state index is 9.26. The zero-order valence-electron chi connectivity index (χ0n) is 8.45. The molecule has 3 heteroatoms. The van der Waals surface area contributed by atoms with Gasteiger partial charge in [-0.1, -0.05) is 0 Å². The van der Waals surface area contributed by atoms with Gasteiger partial charge < -0.3 is 10.1 Å². The topological polar surface area (TPSA) is 26.7 Å². The molecule has 2 rings (SSSR count). The number of hydroxylamine groups is 2. The van der Waals surface area contributed by atoms with Crippen LogP contribution in [-0.2, 0) is 0 Å². The maximum absolute atomic E-state index is 9.26. The minimum Gasteiger partial charge on any atom is -0.314 e. The maximum Gasteiger partial charge on any atom is 0.0241 e. The molecule has 0 aromatic rings. The van der Waals surface area contributed by atoms with E-state index in [1.807, 2.05) is 0 Å². The molecule has 0 aromatic carbocycles. The van der Waals surface area contributed by atoms with Crippen LogP contribution in [0.5, 0.6) is 0 Å². The van der Waals surface area contributed by atoms with E-state index in [9.17, 15) is 5.21 Å². The highest BCUT2D eigenvalue weighted by Crippen LogP contribution is 2.29. The number of piperidine rings is 1. The number of likely N-dealkylation sites (tertiary alicyclic amines) is 1. The molecule has 1 atom stereocenters. The van der Waals surface area contributed by atoms with Crippen LogP contribution in [0.4, 0.5) is 0 Å². The molecule has 1 N–H and O–H groups in total. The van der Waals surface area contributed by atoms with Crippen molar-refractivity contribution >= 4 is 0 Å². The number of rotatable bonds is 1. The normalized spacial score (nSPS) is 34.2. The first-order valence-corrected chi connectivity index (χ1v) is 5.41. The Bertz CT molecular complexity index is 166. The molecule has 2 aliphatic rings. The monoisotopic (exact) mass is 184 g/mol. The summed E-state index contributed by atoms with van der Waals surface area (Å²) < 4.78 is 0. The quantitative estimate of drug-likeness (QED) is 0.663. The van der Waals surface area contributed by atoms with Crippen molar-refractivity contribution in [2.24, 2.45) is 5.92 Å². The summed E-state index contributed by atoms with van der Waals surface area (Å²) >= 11 is 0. The SMILES string of the molecule is CN1CCCC1C1CCN(O)CC1. The van der Waals surface area contributed by atoms with Crippen molar-refractivity contribution in [3.05, 3.63) is 0 Å². The molecule has 0 bridgehead atoms. The summed E-state index contributed by atoms with van der Waals surface area (Å²) in [7, 11) is 2.24. The molecule has 2 saturated heterocycles. The number of hydrogen-bond acceptors (Lipinski definition) is 3. The highest BCUT2D eigenvalue weighted by Gasteiger charge is 2.31. The van der Waals surface area contributed by atoms with Crippen molar-refractivity contribution in [2.75, 3.05) is 26.7 Å². The first kappa shape index (κ1) is 9.44. The van der Waals surface area contributed by atoms with E-state index in [-0.39, 0.29) is 0 Å². The lowest BCUT2D eigenvalue weighted by atomic mass is 9.89. The summed E-state index contributed by atoms with van der Waals surface area (Å²) in [6.07, 6.45) is 5.07. The fourth-order valence-corrected chi connectivity index (χ4v) is 2.80. The Morgan fingerprint density at radius 3 is 2.31 bits per heavy atom. The first-order valence-electron chi connectivity index (χ1n) is 5.41. The Kier molecular flexibility index (Phi) is 2.86. The van der Waals surface area contributed by atoms with Crippen molar-refractivity contribution in [1.82, 2.24) is 9.96 Å². The predicted molar refractivity (Wildman–Crippen MR) is 51.7 cm³/mol. The largest absolute Gasteiger partial charge is 0.314 e. The molecule has 3 nitrogen and oxygen atoms in total. The summed E-state index contributed by atoms with van der Waals surface area (Å²) in [5, 5.41) is 10.7. The zero-order chi connectivity index (χ0) is 9.26. The van der Waals surface area contributed by atoms with Gasteiger partial charge in [0.05, 0.1) is 0 Å². The first-order chi connectivity index (χ1) is 6.27. The lowest BCUT2D eigenvalue weighted by Gasteiger charge is -2.34. The van der Waals surface area contributed by atoms with Crippen molar-refractivity contribution in [3.8, 4) is 0 Å². The summed E-state index contributed by atoms with van der Waals surface area (Å²) in [4.78, 5) is 2.50. The second-order valence-electron chi connectivity index (χ2n) is 4.48. The Balaban J connectivity index is 1.86. The van der Waals surface area contributed by atoms with Crippen LogP contribution in [0.3, 0.4) is 0 Å². The Hall–Kier alpha value is -0.120. The van der Waals surface area contributed by atoms with E-state index in [1.54, 1.807) is 0 Å². The summed E-state index contributed by atoms with van der Waals surface area (Å²) in [5.41, 5.74) is 0. The van der Waals surface area contributed by atoms with Crippen LogP contribution in [0.15, 0.2) is 0 Å². The second kappa shape index (κ2) is 3.95. The van der Waals surface area contributed by atoms with Crippen molar-refractivity contribution in [2.45, 2.75) is 31.7 Å². The van der Waals surface area contributed by atoms with Crippen LogP contribution in [0, 0.1) is 5.92 Å². The fraction of sp³-hybridized carbons (Fsp3) is 1.00. The molecular formula is C10H20N2O. The summed E-state index contributed by atoms with van der Waals surface area (Å²) in [5.74, 6) is 0.830. The molecule has 0 saturated carbocycles. The standard InChI is InChI=1S/C10H20N2O/c1-11-6-2-3-10(11)9-4-7-12(13)8-5-9/h9-10,13H,2-8H2,1H3. The van der Waals surface area contributed by atoms with Crippen molar-refractivity contribution < 1.29 is 5.21 Å². The van der Waals surface area contributed by atoms with Gasteiger partial charge in [-0.05, 0) is 45.2 Å². The molecule has 0 radical (unpaired) electrons. The molecule has 76 valence electrons. The Morgan fingerprint density at radius 2 is 1.77 bits per heavy atom. The molecule has 2 fully saturated rings. The third kappa shape index (κ3) is 2.03. The van der Waals surface area contributed by atoms with Gasteiger partial charge >= 0.3 is 0 Å². The van der Waals surface area contributed by atoms with Gasteiger partial charge in [-0.2, -0.15) is 5.06 Å². The van der Waals surface area contributed by atoms with Crippen molar-refractivity contribution in [3.63, 3.8) is 0 Å². The molecule has 0 amide bonds. The molecule has 0 aliphatic carbocycles. The second-order valence-corrected chi connectivity index (χ2v) is 4.48. The predicted octanol–water partition coefficient (Wildman–Crippen LogP) is 1.18. The van der Waals surface area contributed by atoms with E-state index in [2.05, 4.69) is 11.9 Å². The molecule has 0 spiro atoms. The van der Waals surface area contributed by atoms with Crippen LogP contribution in [0.1, 0.15) is 25.7 Å². The van der Waals surface area contributed by atoms with Gasteiger partial charge in [-0.15, -0.1) is 0 Å². The average Bonchev–Trinajstić information content (AvgIpc) is 2.53. The molecule has 13 heavy (non-hydrogen) atoms. The Labute approximate surface area is 80.3 Å². The molecule has 2 aliphatic heterocycles. The highest BCUT2D eigenvalue weighted by molar-refractivity contribution is 4.85. The molecule has 0 aromatic heterocycles. The summed E-state index contributed by atoms with van der Waals surface area (Å²) in [6, 6.07) is 0.800. The van der Waals surface area contributed by atoms with Gasteiger partial charge in [-0.25, -0.2) is 0 Å². The summed E-state index contributed by atoms with van der Waals surface area (Å²) in [6.45, 7) is 3.01. The third-order valence-corrected chi connectivity index (χ3v) is 3.64. The lowest BCUT2D eigenvalue weighted by Crippen LogP contribution is -2.40. The van der Waals surface area contributed by atoms with Crippen molar-refractivity contribution in [1.29, 1.82) is 0 Å². The van der Waals surface area contributed by atoms with Gasteiger partial charge in [0.25, 0.3) is 0 Å². The van der Waals surface area contributed by atoms with E-state index < -0.39 is 0 Å². The van der Waals surface area contributed by atoms with E-state index >= 15 is 0 Å². The molecule has 2 heterocycles. The van der Waals surface area contributed by atoms with Gasteiger partial charge in [0.1, 0.15) is 0 Å². The average molecular weight is 184 g/mol. The number of hydrogen-bond donors (Lipinski definition) is 1. The minimum atomic E-state index is 0.800. The lowest BCUT2D eigenvalue weighted by molar-refractivity contribution is -0.116.